The van der Waals surface area contributed by atoms with Gasteiger partial charge in [-0.15, -0.1) is 0 Å². The number of carbonyl (C=O) groups excluding carboxylic acids is 11. The zero-order valence-corrected chi connectivity index (χ0v) is 42.3. The molecule has 0 saturated carbocycles. The minimum Gasteiger partial charge on any atom is -0.508 e. The van der Waals surface area contributed by atoms with Gasteiger partial charge in [0.1, 0.15) is 48.0 Å². The smallest absolute Gasteiger partial charge is 0.244 e. The lowest BCUT2D eigenvalue weighted by molar-refractivity contribution is -0.136. The van der Waals surface area contributed by atoms with Crippen LogP contribution < -0.4 is 59.7 Å². The molecule has 25 heteroatoms. The van der Waals surface area contributed by atoms with E-state index in [4.69, 9.17) is 17.2 Å². The Labute approximate surface area is 425 Å². The van der Waals surface area contributed by atoms with Crippen LogP contribution in [0.5, 0.6) is 5.75 Å². The fraction of sp³-hybridized carbons (Fsp3) is 0.511. The molecule has 0 spiro atoms. The van der Waals surface area contributed by atoms with Gasteiger partial charge in [0.2, 0.25) is 65.0 Å². The van der Waals surface area contributed by atoms with Crippen molar-refractivity contribution < 1.29 is 57.8 Å². The largest absolute Gasteiger partial charge is 0.508 e. The van der Waals surface area contributed by atoms with E-state index in [-0.39, 0.29) is 48.9 Å². The molecule has 0 radical (unpaired) electrons. The number of hydrogen-bond donors (Lipinski definition) is 12. The van der Waals surface area contributed by atoms with Gasteiger partial charge in [-0.3, -0.25) is 52.7 Å². The first-order valence-electron chi connectivity index (χ1n) is 23.4. The van der Waals surface area contributed by atoms with Crippen molar-refractivity contribution in [1.29, 1.82) is 0 Å². The van der Waals surface area contributed by atoms with E-state index in [1.54, 1.807) is 70.2 Å². The van der Waals surface area contributed by atoms with Gasteiger partial charge in [0.15, 0.2) is 0 Å². The molecule has 23 nitrogen and oxygen atoms in total. The first-order valence-corrected chi connectivity index (χ1v) is 25.9. The summed E-state index contributed by atoms with van der Waals surface area (Å²) in [6.45, 7) is 6.53. The minimum absolute atomic E-state index is 0.0324. The molecule has 1 saturated heterocycles. The van der Waals surface area contributed by atoms with Gasteiger partial charge < -0.3 is 64.8 Å². The molecule has 15 N–H and O–H groups in total. The van der Waals surface area contributed by atoms with Crippen LogP contribution in [0.4, 0.5) is 0 Å². The van der Waals surface area contributed by atoms with E-state index < -0.39 is 139 Å². The number of nitrogens with two attached hydrogens (primary N) is 3. The summed E-state index contributed by atoms with van der Waals surface area (Å²) in [6, 6.07) is 4.54. The lowest BCUT2D eigenvalue weighted by atomic mass is 9.96. The van der Waals surface area contributed by atoms with Crippen molar-refractivity contribution >= 4 is 86.6 Å². The summed E-state index contributed by atoms with van der Waals surface area (Å²) in [4.78, 5) is 147. The number of primary amides is 3. The van der Waals surface area contributed by atoms with Crippen LogP contribution in [0.3, 0.4) is 0 Å². The molecule has 1 aliphatic heterocycles. The van der Waals surface area contributed by atoms with Crippen molar-refractivity contribution in [3.05, 3.63) is 65.7 Å². The second-order valence-electron chi connectivity index (χ2n) is 17.7. The number of hydrogen-bond acceptors (Lipinski definition) is 14. The molecule has 11 amide bonds. The molecule has 1 heterocycles. The van der Waals surface area contributed by atoms with Gasteiger partial charge in [-0.05, 0) is 47.9 Å². The number of nitrogens with one attached hydrogen (secondary N) is 8. The number of carbonyl (C=O) groups is 11. The fourth-order valence-electron chi connectivity index (χ4n) is 7.17. The second-order valence-corrected chi connectivity index (χ2v) is 20.3. The van der Waals surface area contributed by atoms with Crippen LogP contribution in [0.2, 0.25) is 0 Å². The number of amides is 11. The van der Waals surface area contributed by atoms with Crippen LogP contribution in [-0.2, 0) is 65.6 Å². The molecule has 1 aliphatic rings. The normalized spacial score (nSPS) is 20.9. The molecule has 0 aliphatic carbocycles. The molecule has 0 unspecified atom stereocenters. The molecular weight excluding hydrogens is 975 g/mol. The highest BCUT2D eigenvalue weighted by Crippen LogP contribution is 2.24. The summed E-state index contributed by atoms with van der Waals surface area (Å²) in [5.74, 6) is -10.3. The quantitative estimate of drug-likeness (QED) is 0.0651. The molecular formula is C47H67N11O12S2. The Hall–Kier alpha value is -6.89. The first kappa shape index (κ1) is 59.4. The molecule has 394 valence electrons. The summed E-state index contributed by atoms with van der Waals surface area (Å²) in [5, 5.41) is 30.4. The Kier molecular flexibility index (Phi) is 24.8. The number of aromatic hydroxyl groups is 1. The van der Waals surface area contributed by atoms with Crippen LogP contribution >= 0.6 is 21.6 Å². The maximum Gasteiger partial charge on any atom is 0.244 e. The van der Waals surface area contributed by atoms with E-state index in [0.717, 1.165) is 21.6 Å². The number of phenols is 1. The highest BCUT2D eigenvalue weighted by atomic mass is 33.1. The lowest BCUT2D eigenvalue weighted by Crippen LogP contribution is -2.61. The van der Waals surface area contributed by atoms with Crippen LogP contribution in [0, 0.1) is 11.8 Å². The number of benzene rings is 2. The number of phenolic OH excluding ortho intramolecular Hbond substituents is 1. The summed E-state index contributed by atoms with van der Waals surface area (Å²) >= 11 is 0. The van der Waals surface area contributed by atoms with Crippen molar-refractivity contribution in [2.45, 2.75) is 121 Å². The molecule has 8 atom stereocenters. The molecule has 0 bridgehead atoms. The third-order valence-corrected chi connectivity index (χ3v) is 13.6. The highest BCUT2D eigenvalue weighted by Gasteiger charge is 2.36. The standard InChI is InChI=1S/C47H67N11O12S2/c1-5-26(4)40-47(70)53-30(15-16-36(48)60)42(65)56-34(22-37(49)61)44(67)57-35(24-72-71-18-17-39(63)52-32(45(68)58-40)21-28-11-13-29(59)14-12-28)46(69)55-33(20-27-9-7-6-8-10-27)43(66)54-31(19-25(2)3)41(64)51-23-38(50)62/h6-14,25-26,30-35,40,59H,5,15-24H2,1-4H3,(H2,48,60)(H2,49,61)(H2,50,62)(H,51,64)(H,52,63)(H,53,70)(H,54,66)(H,55,69)(H,56,65)(H,57,67)(H,58,68)/t26-,30-,31-,32-,33-,34-,35-,40-/m0/s1. The van der Waals surface area contributed by atoms with Gasteiger partial charge in [-0.2, -0.15) is 0 Å². The summed E-state index contributed by atoms with van der Waals surface area (Å²) in [7, 11) is 2.17. The van der Waals surface area contributed by atoms with Crippen molar-refractivity contribution in [2.24, 2.45) is 29.0 Å². The zero-order valence-electron chi connectivity index (χ0n) is 40.7. The van der Waals surface area contributed by atoms with E-state index >= 15 is 0 Å². The Bertz CT molecular complexity index is 2240. The Morgan fingerprint density at radius 3 is 1.94 bits per heavy atom. The maximum atomic E-state index is 14.4. The van der Waals surface area contributed by atoms with E-state index in [0.29, 0.717) is 17.5 Å². The van der Waals surface area contributed by atoms with Gasteiger partial charge in [0, 0.05) is 37.2 Å². The average Bonchev–Trinajstić information content (AvgIpc) is 3.32. The molecule has 1 fully saturated rings. The van der Waals surface area contributed by atoms with Crippen molar-refractivity contribution in [2.75, 3.05) is 18.1 Å². The van der Waals surface area contributed by atoms with Crippen LogP contribution in [0.1, 0.15) is 77.3 Å². The van der Waals surface area contributed by atoms with Gasteiger partial charge in [0.25, 0.3) is 0 Å². The lowest BCUT2D eigenvalue weighted by Gasteiger charge is -2.29. The van der Waals surface area contributed by atoms with Gasteiger partial charge in [0.05, 0.1) is 13.0 Å². The van der Waals surface area contributed by atoms with Crippen molar-refractivity contribution in [3.63, 3.8) is 0 Å². The minimum atomic E-state index is -1.77. The van der Waals surface area contributed by atoms with Crippen molar-refractivity contribution in [3.8, 4) is 5.75 Å². The molecule has 0 aromatic heterocycles. The van der Waals surface area contributed by atoms with E-state index in [1.807, 2.05) is 0 Å². The van der Waals surface area contributed by atoms with Crippen LogP contribution in [0.25, 0.3) is 0 Å². The number of rotatable bonds is 20. The highest BCUT2D eigenvalue weighted by molar-refractivity contribution is 8.76. The summed E-state index contributed by atoms with van der Waals surface area (Å²) < 4.78 is 0. The van der Waals surface area contributed by atoms with E-state index in [2.05, 4.69) is 42.5 Å². The third kappa shape index (κ3) is 21.2. The van der Waals surface area contributed by atoms with Crippen LogP contribution in [0.15, 0.2) is 54.6 Å². The zero-order chi connectivity index (χ0) is 53.5. The molecule has 2 aromatic carbocycles. The van der Waals surface area contributed by atoms with Crippen molar-refractivity contribution in [1.82, 2.24) is 42.5 Å². The predicted molar refractivity (Wildman–Crippen MR) is 268 cm³/mol. The topological polar surface area (TPSA) is 382 Å². The van der Waals surface area contributed by atoms with E-state index in [1.165, 1.54) is 12.1 Å². The fourth-order valence-corrected chi connectivity index (χ4v) is 9.32. The summed E-state index contributed by atoms with van der Waals surface area (Å²) in [6.07, 6.45) is -1.45. The molecule has 2 aromatic rings. The third-order valence-electron chi connectivity index (χ3n) is 11.2. The predicted octanol–water partition coefficient (Wildman–Crippen LogP) is -1.81. The van der Waals surface area contributed by atoms with Gasteiger partial charge in [-0.25, -0.2) is 0 Å². The Morgan fingerprint density at radius 2 is 1.33 bits per heavy atom. The molecule has 3 rings (SSSR count). The Morgan fingerprint density at radius 1 is 0.694 bits per heavy atom. The van der Waals surface area contributed by atoms with E-state index in [9.17, 15) is 57.8 Å². The first-order chi connectivity index (χ1) is 34.1. The van der Waals surface area contributed by atoms with Gasteiger partial charge in [-0.1, -0.05) is 98.2 Å². The SMILES string of the molecule is CC[C@H](C)[C@@H]1NC(=O)[C@H](Cc2ccc(O)cc2)NC(=O)CCSSC[C@@H](C(=O)N[C@@H](Cc2ccccc2)C(=O)N[C@@H](CC(C)C)C(=O)NCC(N)=O)NC(=O)[C@H](CC(N)=O)NC(=O)[C@H](CCC(N)=O)NC1=O. The van der Waals surface area contributed by atoms with Crippen LogP contribution in [-0.4, -0.2) is 130 Å². The molecule has 72 heavy (non-hydrogen) atoms. The summed E-state index contributed by atoms with van der Waals surface area (Å²) in [5.41, 5.74) is 17.3. The second kappa shape index (κ2) is 30.1. The average molecular weight is 1040 g/mol. The van der Waals surface area contributed by atoms with Gasteiger partial charge >= 0.3 is 0 Å². The maximum absolute atomic E-state index is 14.4. The monoisotopic (exact) mass is 1040 g/mol. The Balaban J connectivity index is 2.07.